The van der Waals surface area contributed by atoms with Crippen molar-refractivity contribution >= 4 is 23.6 Å². The third-order valence-corrected chi connectivity index (χ3v) is 2.03. The minimum absolute atomic E-state index is 0.255. The number of nitrogens with one attached hydrogen (secondary N) is 3. The highest BCUT2D eigenvalue weighted by Gasteiger charge is 2.09. The average Bonchev–Trinajstić information content (AvgIpc) is 2.37. The first kappa shape index (κ1) is 15.3. The number of anilines is 1. The predicted octanol–water partition coefficient (Wildman–Crippen LogP) is 0.287. The Kier molecular flexibility index (Phi) is 5.39. The third kappa shape index (κ3) is 5.29. The third-order valence-electron chi connectivity index (χ3n) is 2.03. The van der Waals surface area contributed by atoms with Crippen LogP contribution in [0.2, 0.25) is 0 Å². The molecule has 0 atom stereocenters. The van der Waals surface area contributed by atoms with E-state index < -0.39 is 42.6 Å². The van der Waals surface area contributed by atoms with Gasteiger partial charge in [0, 0.05) is 6.07 Å². The lowest BCUT2D eigenvalue weighted by Crippen LogP contribution is -2.40. The Morgan fingerprint density at radius 2 is 1.80 bits per heavy atom. The van der Waals surface area contributed by atoms with Crippen molar-refractivity contribution in [2.24, 2.45) is 0 Å². The highest BCUT2D eigenvalue weighted by atomic mass is 19.1. The number of amides is 3. The second-order valence-corrected chi connectivity index (χ2v) is 3.60. The van der Waals surface area contributed by atoms with Gasteiger partial charge in [-0.15, -0.1) is 0 Å². The van der Waals surface area contributed by atoms with Gasteiger partial charge >= 0.3 is 12.0 Å². The van der Waals surface area contributed by atoms with Crippen molar-refractivity contribution in [3.8, 4) is 0 Å². The van der Waals surface area contributed by atoms with Crippen LogP contribution in [0.3, 0.4) is 0 Å². The van der Waals surface area contributed by atoms with Crippen molar-refractivity contribution in [1.82, 2.24) is 10.6 Å². The van der Waals surface area contributed by atoms with Crippen LogP contribution in [0, 0.1) is 11.6 Å². The number of halogens is 2. The van der Waals surface area contributed by atoms with Crippen molar-refractivity contribution in [3.05, 3.63) is 29.8 Å². The minimum atomic E-state index is -1.23. The van der Waals surface area contributed by atoms with Crippen LogP contribution < -0.4 is 16.0 Å². The van der Waals surface area contributed by atoms with Gasteiger partial charge in [0.1, 0.15) is 18.2 Å². The van der Waals surface area contributed by atoms with E-state index in [1.54, 1.807) is 0 Å². The highest BCUT2D eigenvalue weighted by Crippen LogP contribution is 2.14. The predicted molar refractivity (Wildman–Crippen MR) is 64.0 cm³/mol. The van der Waals surface area contributed by atoms with Crippen LogP contribution in [0.15, 0.2) is 18.2 Å². The van der Waals surface area contributed by atoms with E-state index in [0.29, 0.717) is 6.07 Å². The van der Waals surface area contributed by atoms with Crippen molar-refractivity contribution in [2.75, 3.05) is 18.4 Å². The summed E-state index contributed by atoms with van der Waals surface area (Å²) < 4.78 is 25.8. The largest absolute Gasteiger partial charge is 0.480 e. The molecule has 3 amide bonds. The molecule has 4 N–H and O–H groups in total. The van der Waals surface area contributed by atoms with Crippen LogP contribution in [0.4, 0.5) is 19.3 Å². The summed E-state index contributed by atoms with van der Waals surface area (Å²) >= 11 is 0. The maximum atomic E-state index is 13.2. The molecular weight excluding hydrogens is 276 g/mol. The summed E-state index contributed by atoms with van der Waals surface area (Å²) in [7, 11) is 0. The first-order chi connectivity index (χ1) is 9.38. The monoisotopic (exact) mass is 287 g/mol. The number of benzene rings is 1. The van der Waals surface area contributed by atoms with Crippen molar-refractivity contribution in [1.29, 1.82) is 0 Å². The molecule has 7 nitrogen and oxygen atoms in total. The maximum Gasteiger partial charge on any atom is 0.322 e. The first-order valence-electron chi connectivity index (χ1n) is 5.37. The molecule has 0 bridgehead atoms. The molecule has 9 heteroatoms. The van der Waals surface area contributed by atoms with E-state index >= 15 is 0 Å². The van der Waals surface area contributed by atoms with E-state index in [1.165, 1.54) is 0 Å². The average molecular weight is 287 g/mol. The molecule has 0 spiro atoms. The Morgan fingerprint density at radius 1 is 1.10 bits per heavy atom. The van der Waals surface area contributed by atoms with Crippen LogP contribution in [0.1, 0.15) is 0 Å². The zero-order chi connectivity index (χ0) is 15.1. The topological polar surface area (TPSA) is 108 Å². The number of aliphatic carboxylic acids is 1. The van der Waals surface area contributed by atoms with E-state index in [0.717, 1.165) is 12.1 Å². The molecule has 0 saturated carbocycles. The number of urea groups is 1. The van der Waals surface area contributed by atoms with Crippen LogP contribution in [0.25, 0.3) is 0 Å². The molecule has 0 radical (unpaired) electrons. The van der Waals surface area contributed by atoms with Gasteiger partial charge in [-0.05, 0) is 12.1 Å². The molecule has 1 rings (SSSR count). The minimum Gasteiger partial charge on any atom is -0.480 e. The van der Waals surface area contributed by atoms with Crippen LogP contribution in [-0.2, 0) is 9.59 Å². The van der Waals surface area contributed by atoms with Crippen LogP contribution in [0.5, 0.6) is 0 Å². The fourth-order valence-corrected chi connectivity index (χ4v) is 1.15. The summed E-state index contributed by atoms with van der Waals surface area (Å²) in [6.07, 6.45) is 0. The Labute approximate surface area is 112 Å². The number of carbonyl (C=O) groups is 3. The summed E-state index contributed by atoms with van der Waals surface area (Å²) in [5.41, 5.74) is -0.255. The normalized spacial score (nSPS) is 9.70. The van der Waals surface area contributed by atoms with Gasteiger partial charge in [0.2, 0.25) is 5.91 Å². The second kappa shape index (κ2) is 7.02. The quantitative estimate of drug-likeness (QED) is 0.624. The lowest BCUT2D eigenvalue weighted by Gasteiger charge is -2.08. The molecule has 0 saturated heterocycles. The van der Waals surface area contributed by atoms with Gasteiger partial charge in [0.25, 0.3) is 0 Å². The Hall–Kier alpha value is -2.71. The van der Waals surface area contributed by atoms with E-state index in [4.69, 9.17) is 5.11 Å². The molecule has 1 aromatic rings. The number of carboxylic acids is 1. The molecule has 0 unspecified atom stereocenters. The van der Waals surface area contributed by atoms with Gasteiger partial charge in [-0.1, -0.05) is 0 Å². The van der Waals surface area contributed by atoms with E-state index in [9.17, 15) is 23.2 Å². The van der Waals surface area contributed by atoms with Gasteiger partial charge in [0.05, 0.1) is 12.2 Å². The smallest absolute Gasteiger partial charge is 0.322 e. The SMILES string of the molecule is O=C(O)CNC(=O)CNC(=O)Nc1ccc(F)cc1F. The summed E-state index contributed by atoms with van der Waals surface area (Å²) in [5, 5.41) is 14.5. The molecular formula is C11H11F2N3O4. The molecule has 0 aromatic heterocycles. The summed E-state index contributed by atoms with van der Waals surface area (Å²) in [6.45, 7) is -1.06. The number of carboxylic acid groups (broad SMARTS) is 1. The van der Waals surface area contributed by atoms with Gasteiger partial charge in [-0.25, -0.2) is 13.6 Å². The number of rotatable bonds is 5. The molecule has 0 aliphatic carbocycles. The fraction of sp³-hybridized carbons (Fsp3) is 0.182. The van der Waals surface area contributed by atoms with Gasteiger partial charge in [-0.3, -0.25) is 9.59 Å². The summed E-state index contributed by atoms with van der Waals surface area (Å²) in [6, 6.07) is 1.68. The van der Waals surface area contributed by atoms with Crippen molar-refractivity contribution in [2.45, 2.75) is 0 Å². The second-order valence-electron chi connectivity index (χ2n) is 3.60. The Bertz CT molecular complexity index is 536. The van der Waals surface area contributed by atoms with E-state index in [1.807, 2.05) is 5.32 Å². The molecule has 0 heterocycles. The maximum absolute atomic E-state index is 13.2. The zero-order valence-corrected chi connectivity index (χ0v) is 10.1. The first-order valence-corrected chi connectivity index (χ1v) is 5.37. The molecule has 0 aliphatic rings. The Balaban J connectivity index is 2.40. The molecule has 0 aliphatic heterocycles. The van der Waals surface area contributed by atoms with E-state index in [2.05, 4.69) is 10.6 Å². The van der Waals surface area contributed by atoms with Gasteiger partial charge < -0.3 is 21.1 Å². The summed E-state index contributed by atoms with van der Waals surface area (Å²) in [4.78, 5) is 32.5. The lowest BCUT2D eigenvalue weighted by molar-refractivity contribution is -0.137. The number of hydrogen-bond donors (Lipinski definition) is 4. The highest BCUT2D eigenvalue weighted by molar-refractivity contribution is 5.92. The molecule has 108 valence electrons. The fourth-order valence-electron chi connectivity index (χ4n) is 1.15. The zero-order valence-electron chi connectivity index (χ0n) is 10.1. The van der Waals surface area contributed by atoms with Crippen LogP contribution in [-0.4, -0.2) is 36.1 Å². The van der Waals surface area contributed by atoms with Crippen molar-refractivity contribution in [3.63, 3.8) is 0 Å². The molecule has 1 aromatic carbocycles. The lowest BCUT2D eigenvalue weighted by atomic mass is 10.3. The van der Waals surface area contributed by atoms with Crippen LogP contribution >= 0.6 is 0 Å². The van der Waals surface area contributed by atoms with Crippen molar-refractivity contribution < 1.29 is 28.3 Å². The van der Waals surface area contributed by atoms with Gasteiger partial charge in [-0.2, -0.15) is 0 Å². The summed E-state index contributed by atoms with van der Waals surface area (Å²) in [5.74, 6) is -3.70. The molecule has 20 heavy (non-hydrogen) atoms. The Morgan fingerprint density at radius 3 is 2.40 bits per heavy atom. The molecule has 0 fully saturated rings. The number of hydrogen-bond acceptors (Lipinski definition) is 3. The van der Waals surface area contributed by atoms with Gasteiger partial charge in [0.15, 0.2) is 0 Å². The number of carbonyl (C=O) groups excluding carboxylic acids is 2. The standard InChI is InChI=1S/C11H11F2N3O4/c12-6-1-2-8(7(13)3-6)16-11(20)15-4-9(17)14-5-10(18)19/h1-3H,4-5H2,(H,14,17)(H,18,19)(H2,15,16,20). The van der Waals surface area contributed by atoms with E-state index in [-0.39, 0.29) is 5.69 Å².